The molecule has 0 unspecified atom stereocenters. The summed E-state index contributed by atoms with van der Waals surface area (Å²) < 4.78 is 47.9. The zero-order valence-electron chi connectivity index (χ0n) is 18.9. The molecule has 0 saturated heterocycles. The van der Waals surface area contributed by atoms with Gasteiger partial charge in [0.05, 0.1) is 29.8 Å². The van der Waals surface area contributed by atoms with E-state index in [1.54, 1.807) is 37.4 Å². The van der Waals surface area contributed by atoms with Crippen LogP contribution in [-0.2, 0) is 12.7 Å². The summed E-state index contributed by atoms with van der Waals surface area (Å²) in [4.78, 5) is 14.4. The van der Waals surface area contributed by atoms with Crippen LogP contribution in [0.15, 0.2) is 59.4 Å². The lowest BCUT2D eigenvalue weighted by atomic mass is 10.1. The number of hydrogen-bond donors (Lipinski definition) is 0. The van der Waals surface area contributed by atoms with Crippen molar-refractivity contribution in [3.63, 3.8) is 0 Å². The van der Waals surface area contributed by atoms with Crippen LogP contribution >= 0.6 is 34.5 Å². The van der Waals surface area contributed by atoms with E-state index in [-0.39, 0.29) is 17.3 Å². The Morgan fingerprint density at radius 2 is 1.78 bits per heavy atom. The highest BCUT2D eigenvalue weighted by Crippen LogP contribution is 2.39. The lowest BCUT2D eigenvalue weighted by Gasteiger charge is -2.17. The van der Waals surface area contributed by atoms with Gasteiger partial charge in [0.15, 0.2) is 0 Å². The molecule has 2 aromatic carbocycles. The third-order valence-corrected chi connectivity index (χ3v) is 7.35. The second kappa shape index (κ2) is 10.0. The highest BCUT2D eigenvalue weighted by atomic mass is 35.5. The number of pyridine rings is 1. The SMILES string of the molecule is COc1ccc(-c2ccc(-c3cc(C(F)(F)F)c(C#N)c(=O)n3Cc3ccc(Cl)cc3Cl)s2)c(C)c1. The minimum Gasteiger partial charge on any atom is -0.497 e. The fraction of sp³-hybridized carbons (Fsp3) is 0.154. The minimum absolute atomic E-state index is 0.0276. The monoisotopic (exact) mass is 548 g/mol. The van der Waals surface area contributed by atoms with Crippen LogP contribution in [0, 0.1) is 18.3 Å². The lowest BCUT2D eigenvalue weighted by molar-refractivity contribution is -0.137. The van der Waals surface area contributed by atoms with Gasteiger partial charge in [0, 0.05) is 14.9 Å². The molecule has 10 heteroatoms. The summed E-state index contributed by atoms with van der Waals surface area (Å²) >= 11 is 13.5. The van der Waals surface area contributed by atoms with Crippen molar-refractivity contribution in [2.75, 3.05) is 7.11 Å². The summed E-state index contributed by atoms with van der Waals surface area (Å²) in [6, 6.07) is 15.9. The molecule has 36 heavy (non-hydrogen) atoms. The van der Waals surface area contributed by atoms with Crippen molar-refractivity contribution < 1.29 is 17.9 Å². The van der Waals surface area contributed by atoms with E-state index in [0.29, 0.717) is 21.2 Å². The number of thiophene rings is 1. The highest BCUT2D eigenvalue weighted by Gasteiger charge is 2.36. The summed E-state index contributed by atoms with van der Waals surface area (Å²) in [6.45, 7) is 1.75. The van der Waals surface area contributed by atoms with Crippen LogP contribution in [0.1, 0.15) is 22.3 Å². The second-order valence-corrected chi connectivity index (χ2v) is 9.83. The average molecular weight is 549 g/mol. The maximum absolute atomic E-state index is 13.8. The normalized spacial score (nSPS) is 11.4. The van der Waals surface area contributed by atoms with Crippen LogP contribution in [0.3, 0.4) is 0 Å². The van der Waals surface area contributed by atoms with Gasteiger partial charge in [-0.25, -0.2) is 0 Å². The molecule has 4 rings (SSSR count). The summed E-state index contributed by atoms with van der Waals surface area (Å²) in [6.07, 6.45) is -4.89. The van der Waals surface area contributed by atoms with Gasteiger partial charge in [-0.15, -0.1) is 11.3 Å². The van der Waals surface area contributed by atoms with Gasteiger partial charge >= 0.3 is 6.18 Å². The van der Waals surface area contributed by atoms with E-state index in [9.17, 15) is 23.2 Å². The quantitative estimate of drug-likeness (QED) is 0.255. The Morgan fingerprint density at radius 1 is 1.06 bits per heavy atom. The number of alkyl halides is 3. The average Bonchev–Trinajstić information content (AvgIpc) is 3.30. The van der Waals surface area contributed by atoms with Crippen LogP contribution < -0.4 is 10.3 Å². The Balaban J connectivity index is 1.92. The number of hydrogen-bond acceptors (Lipinski definition) is 4. The van der Waals surface area contributed by atoms with E-state index in [0.717, 1.165) is 26.6 Å². The minimum atomic E-state index is -4.89. The molecule has 4 nitrogen and oxygen atoms in total. The topological polar surface area (TPSA) is 55.0 Å². The molecular formula is C26H17Cl2F3N2O2S. The maximum atomic E-state index is 13.8. The Labute approximate surface area is 218 Å². The molecule has 0 aliphatic carbocycles. The van der Waals surface area contributed by atoms with Gasteiger partial charge in [-0.05, 0) is 72.1 Å². The van der Waals surface area contributed by atoms with E-state index in [1.807, 2.05) is 19.1 Å². The number of methoxy groups -OCH3 is 1. The number of aromatic nitrogens is 1. The first-order valence-corrected chi connectivity index (χ1v) is 12.0. The fourth-order valence-electron chi connectivity index (χ4n) is 3.82. The standard InChI is InChI=1S/C26H17Cl2F3N2O2S/c1-14-9-17(35-2)5-6-18(14)23-7-8-24(36-23)22-11-20(26(29,30)31)19(12-32)25(34)33(22)13-15-3-4-16(27)10-21(15)28/h3-11H,13H2,1-2H3. The van der Waals surface area contributed by atoms with Gasteiger partial charge in [0.25, 0.3) is 5.56 Å². The Kier molecular flexibility index (Phi) is 7.19. The molecule has 184 valence electrons. The fourth-order valence-corrected chi connectivity index (χ4v) is 5.41. The van der Waals surface area contributed by atoms with Crippen molar-refractivity contribution in [2.45, 2.75) is 19.6 Å². The maximum Gasteiger partial charge on any atom is 0.417 e. The predicted molar refractivity (Wildman–Crippen MR) is 136 cm³/mol. The molecule has 0 bridgehead atoms. The van der Waals surface area contributed by atoms with E-state index in [1.165, 1.54) is 23.5 Å². The smallest absolute Gasteiger partial charge is 0.417 e. The number of nitrogens with zero attached hydrogens (tertiary/aromatic N) is 2. The van der Waals surface area contributed by atoms with Crippen LogP contribution in [0.5, 0.6) is 5.75 Å². The molecule has 0 spiro atoms. The zero-order chi connectivity index (χ0) is 26.2. The summed E-state index contributed by atoms with van der Waals surface area (Å²) in [5.41, 5.74) is -1.01. The van der Waals surface area contributed by atoms with Crippen LogP contribution in [-0.4, -0.2) is 11.7 Å². The number of rotatable bonds is 5. The van der Waals surface area contributed by atoms with E-state index in [4.69, 9.17) is 27.9 Å². The zero-order valence-corrected chi connectivity index (χ0v) is 21.2. The summed E-state index contributed by atoms with van der Waals surface area (Å²) in [5.74, 6) is 0.684. The molecule has 2 aromatic heterocycles. The van der Waals surface area contributed by atoms with Crippen molar-refractivity contribution in [1.29, 1.82) is 5.26 Å². The molecule has 0 atom stereocenters. The Hall–Kier alpha value is -3.25. The molecule has 0 fully saturated rings. The van der Waals surface area contributed by atoms with Crippen molar-refractivity contribution in [3.8, 4) is 32.8 Å². The summed E-state index contributed by atoms with van der Waals surface area (Å²) in [7, 11) is 1.56. The van der Waals surface area contributed by atoms with Gasteiger partial charge in [-0.2, -0.15) is 18.4 Å². The predicted octanol–water partition coefficient (Wildman–Crippen LogP) is 7.81. The Morgan fingerprint density at radius 3 is 2.39 bits per heavy atom. The van der Waals surface area contributed by atoms with Gasteiger partial charge in [-0.1, -0.05) is 29.3 Å². The molecular weight excluding hydrogens is 532 g/mol. The summed E-state index contributed by atoms with van der Waals surface area (Å²) in [5, 5.41) is 10.0. The van der Waals surface area contributed by atoms with E-state index >= 15 is 0 Å². The van der Waals surface area contributed by atoms with E-state index in [2.05, 4.69) is 0 Å². The first kappa shape index (κ1) is 25.8. The third-order valence-electron chi connectivity index (χ3n) is 5.62. The number of benzene rings is 2. The van der Waals surface area contributed by atoms with Gasteiger partial charge in [0.2, 0.25) is 0 Å². The third kappa shape index (κ3) is 5.00. The van der Waals surface area contributed by atoms with Crippen molar-refractivity contribution in [1.82, 2.24) is 4.57 Å². The molecule has 4 aromatic rings. The molecule has 0 aliphatic rings. The number of ether oxygens (including phenoxy) is 1. The number of aryl methyl sites for hydroxylation is 1. The molecule has 0 N–H and O–H groups in total. The lowest BCUT2D eigenvalue weighted by Crippen LogP contribution is -2.28. The van der Waals surface area contributed by atoms with Crippen LogP contribution in [0.25, 0.3) is 21.0 Å². The molecule has 0 amide bonds. The largest absolute Gasteiger partial charge is 0.497 e. The first-order valence-electron chi connectivity index (χ1n) is 10.5. The number of nitriles is 1. The van der Waals surface area contributed by atoms with E-state index < -0.39 is 22.9 Å². The van der Waals surface area contributed by atoms with Crippen LogP contribution in [0.4, 0.5) is 13.2 Å². The van der Waals surface area contributed by atoms with Crippen molar-refractivity contribution in [2.24, 2.45) is 0 Å². The van der Waals surface area contributed by atoms with Gasteiger partial charge in [0.1, 0.15) is 17.4 Å². The van der Waals surface area contributed by atoms with Gasteiger partial charge < -0.3 is 9.30 Å². The Bertz CT molecular complexity index is 1570. The second-order valence-electron chi connectivity index (χ2n) is 7.90. The molecule has 0 saturated carbocycles. The first-order chi connectivity index (χ1) is 17.0. The van der Waals surface area contributed by atoms with Crippen molar-refractivity contribution in [3.05, 3.63) is 97.3 Å². The molecule has 0 radical (unpaired) electrons. The highest BCUT2D eigenvalue weighted by molar-refractivity contribution is 7.18. The van der Waals surface area contributed by atoms with Crippen LogP contribution in [0.2, 0.25) is 10.0 Å². The van der Waals surface area contributed by atoms with Gasteiger partial charge in [-0.3, -0.25) is 4.79 Å². The number of halogens is 5. The molecule has 2 heterocycles. The van der Waals surface area contributed by atoms with Crippen molar-refractivity contribution >= 4 is 34.5 Å². The molecule has 0 aliphatic heterocycles.